The molecule has 5 heteroatoms. The average Bonchev–Trinajstić information content (AvgIpc) is 2.71. The third-order valence-electron chi connectivity index (χ3n) is 4.58. The smallest absolute Gasteiger partial charge is 0.153 e. The number of alkyl halides is 1. The average molecular weight is 295 g/mol. The molecule has 2 saturated heterocycles. The highest BCUT2D eigenvalue weighted by Crippen LogP contribution is 2.37. The van der Waals surface area contributed by atoms with Crippen molar-refractivity contribution in [1.82, 2.24) is 4.90 Å². The summed E-state index contributed by atoms with van der Waals surface area (Å²) in [5.74, 6) is -0.0956. The van der Waals surface area contributed by atoms with Crippen molar-refractivity contribution in [1.29, 1.82) is 0 Å². The van der Waals surface area contributed by atoms with Gasteiger partial charge in [-0.15, -0.1) is 0 Å². The van der Waals surface area contributed by atoms with Crippen LogP contribution in [0.3, 0.4) is 0 Å². The van der Waals surface area contributed by atoms with Gasteiger partial charge in [0.05, 0.1) is 5.56 Å². The summed E-state index contributed by atoms with van der Waals surface area (Å²) < 4.78 is 31.8. The Bertz CT molecular complexity index is 509. The Morgan fingerprint density at radius 3 is 2.62 bits per heavy atom. The molecule has 1 aromatic rings. The highest BCUT2D eigenvalue weighted by Gasteiger charge is 2.41. The molecule has 21 heavy (non-hydrogen) atoms. The van der Waals surface area contributed by atoms with Gasteiger partial charge >= 0.3 is 0 Å². The van der Waals surface area contributed by atoms with Crippen molar-refractivity contribution in [3.63, 3.8) is 0 Å². The van der Waals surface area contributed by atoms with Gasteiger partial charge in [-0.1, -0.05) is 0 Å². The standard InChI is InChI=1S/C16H19F2NO2/c17-5-6-19-13-3-4-14(19)9-15(8-13)21-16-7-12(18)2-1-11(16)10-20/h1-2,7,10,13-15H,3-6,8-9H2/t13-,14+,15?. The first-order valence-corrected chi connectivity index (χ1v) is 7.44. The summed E-state index contributed by atoms with van der Waals surface area (Å²) >= 11 is 0. The first-order valence-electron chi connectivity index (χ1n) is 7.44. The van der Waals surface area contributed by atoms with Gasteiger partial charge in [-0.25, -0.2) is 8.78 Å². The predicted octanol–water partition coefficient (Wildman–Crippen LogP) is 2.98. The second-order valence-electron chi connectivity index (χ2n) is 5.82. The van der Waals surface area contributed by atoms with Crippen LogP contribution in [0.5, 0.6) is 5.75 Å². The van der Waals surface area contributed by atoms with Gasteiger partial charge in [0.1, 0.15) is 24.3 Å². The molecule has 1 unspecified atom stereocenters. The topological polar surface area (TPSA) is 29.5 Å². The molecule has 0 saturated carbocycles. The molecule has 0 aromatic heterocycles. The summed E-state index contributed by atoms with van der Waals surface area (Å²) in [6.07, 6.45) is 4.40. The molecule has 3 rings (SSSR count). The zero-order valence-corrected chi connectivity index (χ0v) is 11.8. The second-order valence-corrected chi connectivity index (χ2v) is 5.82. The van der Waals surface area contributed by atoms with Crippen molar-refractivity contribution in [2.45, 2.75) is 43.9 Å². The number of aldehydes is 1. The van der Waals surface area contributed by atoms with E-state index in [9.17, 15) is 13.6 Å². The van der Waals surface area contributed by atoms with Gasteiger partial charge in [-0.05, 0) is 37.8 Å². The van der Waals surface area contributed by atoms with E-state index in [2.05, 4.69) is 4.90 Å². The summed E-state index contributed by atoms with van der Waals surface area (Å²) in [4.78, 5) is 13.2. The van der Waals surface area contributed by atoms with Crippen LogP contribution in [0.4, 0.5) is 8.78 Å². The zero-order chi connectivity index (χ0) is 14.8. The van der Waals surface area contributed by atoms with Crippen LogP contribution in [0.15, 0.2) is 18.2 Å². The maximum Gasteiger partial charge on any atom is 0.153 e. The SMILES string of the molecule is O=Cc1ccc(F)cc1OC1C[C@H]2CC[C@@H](C1)N2CCF. The Hall–Kier alpha value is -1.49. The van der Waals surface area contributed by atoms with Gasteiger partial charge in [-0.3, -0.25) is 9.69 Å². The van der Waals surface area contributed by atoms with Crippen LogP contribution in [-0.2, 0) is 0 Å². The fraction of sp³-hybridized carbons (Fsp3) is 0.562. The molecule has 0 radical (unpaired) electrons. The number of ether oxygens (including phenoxy) is 1. The van der Waals surface area contributed by atoms with Gasteiger partial charge in [-0.2, -0.15) is 0 Å². The summed E-state index contributed by atoms with van der Waals surface area (Å²) in [7, 11) is 0. The molecule has 114 valence electrons. The van der Waals surface area contributed by atoms with Gasteiger partial charge in [0.15, 0.2) is 6.29 Å². The highest BCUT2D eigenvalue weighted by atomic mass is 19.1. The highest BCUT2D eigenvalue weighted by molar-refractivity contribution is 5.79. The van der Waals surface area contributed by atoms with Crippen molar-refractivity contribution in [2.75, 3.05) is 13.2 Å². The molecule has 3 nitrogen and oxygen atoms in total. The fourth-order valence-corrected chi connectivity index (χ4v) is 3.67. The molecule has 2 aliphatic heterocycles. The molecular formula is C16H19F2NO2. The Labute approximate surface area is 122 Å². The van der Waals surface area contributed by atoms with Crippen LogP contribution in [-0.4, -0.2) is 42.6 Å². The van der Waals surface area contributed by atoms with Gasteiger partial charge in [0.25, 0.3) is 0 Å². The zero-order valence-electron chi connectivity index (χ0n) is 11.8. The normalized spacial score (nSPS) is 28.6. The molecule has 0 N–H and O–H groups in total. The number of hydrogen-bond donors (Lipinski definition) is 0. The number of hydrogen-bond acceptors (Lipinski definition) is 3. The molecule has 2 aliphatic rings. The summed E-state index contributed by atoms with van der Waals surface area (Å²) in [6.45, 7) is 0.166. The lowest BCUT2D eigenvalue weighted by Gasteiger charge is -2.38. The van der Waals surface area contributed by atoms with Crippen LogP contribution >= 0.6 is 0 Å². The van der Waals surface area contributed by atoms with E-state index in [0.29, 0.717) is 36.2 Å². The van der Waals surface area contributed by atoms with Gasteiger partial charge in [0, 0.05) is 24.7 Å². The minimum atomic E-state index is -0.409. The van der Waals surface area contributed by atoms with E-state index >= 15 is 0 Å². The molecule has 2 heterocycles. The van der Waals surface area contributed by atoms with E-state index in [1.165, 1.54) is 18.2 Å². The van der Waals surface area contributed by atoms with Crippen molar-refractivity contribution in [2.24, 2.45) is 0 Å². The molecular weight excluding hydrogens is 276 g/mol. The third kappa shape index (κ3) is 2.93. The van der Waals surface area contributed by atoms with Crippen LogP contribution in [0.25, 0.3) is 0 Å². The number of nitrogens with zero attached hydrogens (tertiary/aromatic N) is 1. The molecule has 0 amide bonds. The van der Waals surface area contributed by atoms with Crippen LogP contribution in [0.2, 0.25) is 0 Å². The molecule has 2 fully saturated rings. The van der Waals surface area contributed by atoms with E-state index in [0.717, 1.165) is 25.7 Å². The first-order chi connectivity index (χ1) is 10.2. The minimum Gasteiger partial charge on any atom is -0.489 e. The number of carbonyl (C=O) groups excluding carboxylic acids is 1. The first kappa shape index (κ1) is 14.4. The number of rotatable bonds is 5. The van der Waals surface area contributed by atoms with E-state index in [4.69, 9.17) is 4.74 Å². The van der Waals surface area contributed by atoms with Crippen LogP contribution in [0, 0.1) is 5.82 Å². The summed E-state index contributed by atoms with van der Waals surface area (Å²) in [6, 6.07) is 4.64. The Morgan fingerprint density at radius 1 is 1.29 bits per heavy atom. The fourth-order valence-electron chi connectivity index (χ4n) is 3.67. The number of halogens is 2. The van der Waals surface area contributed by atoms with Crippen molar-refractivity contribution in [3.05, 3.63) is 29.6 Å². The summed E-state index contributed by atoms with van der Waals surface area (Å²) in [5, 5.41) is 0. The lowest BCUT2D eigenvalue weighted by atomic mass is 9.99. The van der Waals surface area contributed by atoms with Crippen molar-refractivity contribution >= 4 is 6.29 Å². The molecule has 0 aliphatic carbocycles. The predicted molar refractivity (Wildman–Crippen MR) is 74.9 cm³/mol. The van der Waals surface area contributed by atoms with Gasteiger partial charge in [0.2, 0.25) is 0 Å². The number of piperidine rings is 1. The largest absolute Gasteiger partial charge is 0.489 e. The van der Waals surface area contributed by atoms with E-state index in [1.807, 2.05) is 0 Å². The summed E-state index contributed by atoms with van der Waals surface area (Å²) in [5.41, 5.74) is 0.370. The number of carbonyl (C=O) groups is 1. The van der Waals surface area contributed by atoms with E-state index < -0.39 is 5.82 Å². The second kappa shape index (κ2) is 6.10. The number of fused-ring (bicyclic) bond motifs is 2. The monoisotopic (exact) mass is 295 g/mol. The maximum absolute atomic E-state index is 13.3. The van der Waals surface area contributed by atoms with Crippen molar-refractivity contribution in [3.8, 4) is 5.75 Å². The lowest BCUT2D eigenvalue weighted by Crippen LogP contribution is -2.47. The quantitative estimate of drug-likeness (QED) is 0.782. The van der Waals surface area contributed by atoms with E-state index in [-0.39, 0.29) is 12.8 Å². The minimum absolute atomic E-state index is 0.0288. The Kier molecular flexibility index (Phi) is 4.19. The number of benzene rings is 1. The molecule has 0 spiro atoms. The molecule has 1 aromatic carbocycles. The van der Waals surface area contributed by atoms with E-state index in [1.54, 1.807) is 0 Å². The molecule has 3 atom stereocenters. The third-order valence-corrected chi connectivity index (χ3v) is 4.58. The van der Waals surface area contributed by atoms with Crippen LogP contribution < -0.4 is 4.74 Å². The molecule has 2 bridgehead atoms. The lowest BCUT2D eigenvalue weighted by molar-refractivity contribution is 0.0454. The maximum atomic E-state index is 13.3. The van der Waals surface area contributed by atoms with Crippen LogP contribution in [0.1, 0.15) is 36.0 Å². The van der Waals surface area contributed by atoms with Crippen molar-refractivity contribution < 1.29 is 18.3 Å². The van der Waals surface area contributed by atoms with Gasteiger partial charge < -0.3 is 4.74 Å². The Morgan fingerprint density at radius 2 is 2.00 bits per heavy atom. The Balaban J connectivity index is 1.70.